The Morgan fingerprint density at radius 3 is 2.68 bits per heavy atom. The summed E-state index contributed by atoms with van der Waals surface area (Å²) in [5.41, 5.74) is 0.790. The molecule has 128 valence electrons. The third-order valence-corrected chi connectivity index (χ3v) is 4.17. The van der Waals surface area contributed by atoms with Crippen molar-refractivity contribution in [3.8, 4) is 11.4 Å². The molecule has 2 aromatic heterocycles. The summed E-state index contributed by atoms with van der Waals surface area (Å²) in [4.78, 5) is 24.6. The van der Waals surface area contributed by atoms with Crippen LogP contribution in [0.3, 0.4) is 0 Å². The van der Waals surface area contributed by atoms with Crippen molar-refractivity contribution in [1.82, 2.24) is 19.7 Å². The minimum Gasteiger partial charge on any atom is -0.459 e. The van der Waals surface area contributed by atoms with Gasteiger partial charge in [-0.1, -0.05) is 30.3 Å². The van der Waals surface area contributed by atoms with Crippen molar-refractivity contribution >= 4 is 5.91 Å². The number of amides is 1. The molecule has 1 saturated carbocycles. The van der Waals surface area contributed by atoms with Gasteiger partial charge in [-0.15, -0.1) is 5.10 Å². The van der Waals surface area contributed by atoms with E-state index in [-0.39, 0.29) is 23.4 Å². The van der Waals surface area contributed by atoms with Crippen molar-refractivity contribution in [3.63, 3.8) is 0 Å². The van der Waals surface area contributed by atoms with Crippen LogP contribution in [0.25, 0.3) is 11.4 Å². The molecular weight excluding hydrogens is 320 g/mol. The summed E-state index contributed by atoms with van der Waals surface area (Å²) in [6.07, 6.45) is 3.45. The average Bonchev–Trinajstić information content (AvgIpc) is 3.20. The van der Waals surface area contributed by atoms with Crippen molar-refractivity contribution in [1.29, 1.82) is 0 Å². The Bertz CT molecular complexity index is 921. The van der Waals surface area contributed by atoms with Crippen LogP contribution in [0.15, 0.2) is 57.9 Å². The first-order valence-corrected chi connectivity index (χ1v) is 8.30. The van der Waals surface area contributed by atoms with Gasteiger partial charge in [-0.25, -0.2) is 9.48 Å². The number of benzene rings is 1. The molecule has 1 fully saturated rings. The quantitative estimate of drug-likeness (QED) is 0.746. The van der Waals surface area contributed by atoms with Gasteiger partial charge in [0.05, 0.1) is 12.8 Å². The topological polar surface area (TPSA) is 82.1 Å². The van der Waals surface area contributed by atoms with Gasteiger partial charge < -0.3 is 9.73 Å². The number of furan rings is 1. The first-order chi connectivity index (χ1) is 12.2. The van der Waals surface area contributed by atoms with E-state index in [9.17, 15) is 9.59 Å². The van der Waals surface area contributed by atoms with Crippen molar-refractivity contribution in [3.05, 3.63) is 65.0 Å². The van der Waals surface area contributed by atoms with E-state index in [2.05, 4.69) is 10.4 Å². The molecule has 0 saturated heterocycles. The van der Waals surface area contributed by atoms with Gasteiger partial charge in [-0.2, -0.15) is 0 Å². The summed E-state index contributed by atoms with van der Waals surface area (Å²) >= 11 is 0. The Balaban J connectivity index is 1.52. The summed E-state index contributed by atoms with van der Waals surface area (Å²) in [6, 6.07) is 13.2. The number of nitrogens with one attached hydrogen (secondary N) is 1. The zero-order valence-electron chi connectivity index (χ0n) is 13.6. The number of nitrogens with zero attached hydrogens (tertiary/aromatic N) is 3. The van der Waals surface area contributed by atoms with Gasteiger partial charge in [-0.05, 0) is 25.0 Å². The molecule has 2 heterocycles. The number of carbonyl (C=O) groups is 1. The predicted molar refractivity (Wildman–Crippen MR) is 91.2 cm³/mol. The van der Waals surface area contributed by atoms with E-state index in [4.69, 9.17) is 4.42 Å². The molecule has 0 bridgehead atoms. The number of carbonyl (C=O) groups excluding carboxylic acids is 1. The largest absolute Gasteiger partial charge is 0.459 e. The fourth-order valence-corrected chi connectivity index (χ4v) is 2.78. The van der Waals surface area contributed by atoms with Gasteiger partial charge in [0.15, 0.2) is 11.6 Å². The molecule has 0 spiro atoms. The van der Waals surface area contributed by atoms with Crippen LogP contribution < -0.4 is 11.0 Å². The van der Waals surface area contributed by atoms with Gasteiger partial charge >= 0.3 is 5.69 Å². The molecule has 1 aliphatic rings. The number of rotatable bonds is 6. The Morgan fingerprint density at radius 2 is 2.00 bits per heavy atom. The Labute approximate surface area is 143 Å². The highest BCUT2D eigenvalue weighted by Crippen LogP contribution is 2.36. The smallest absolute Gasteiger partial charge is 0.346 e. The van der Waals surface area contributed by atoms with E-state index in [0.717, 1.165) is 18.4 Å². The minimum absolute atomic E-state index is 0.131. The first-order valence-electron chi connectivity index (χ1n) is 8.30. The van der Waals surface area contributed by atoms with Crippen molar-refractivity contribution < 1.29 is 9.21 Å². The van der Waals surface area contributed by atoms with E-state index in [0.29, 0.717) is 18.9 Å². The molecule has 7 nitrogen and oxygen atoms in total. The number of hydrogen-bond acceptors (Lipinski definition) is 4. The van der Waals surface area contributed by atoms with Gasteiger partial charge in [0.25, 0.3) is 5.91 Å². The molecule has 0 atom stereocenters. The molecule has 0 aliphatic heterocycles. The van der Waals surface area contributed by atoms with Crippen molar-refractivity contribution in [2.24, 2.45) is 0 Å². The van der Waals surface area contributed by atoms with Crippen LogP contribution in [-0.4, -0.2) is 26.8 Å². The summed E-state index contributed by atoms with van der Waals surface area (Å²) in [6.45, 7) is 0.611. The van der Waals surface area contributed by atoms with Gasteiger partial charge in [-0.3, -0.25) is 9.36 Å². The predicted octanol–water partition coefficient (Wildman–Crippen LogP) is 2.07. The molecule has 0 radical (unpaired) electrons. The van der Waals surface area contributed by atoms with Crippen molar-refractivity contribution in [2.75, 3.05) is 6.54 Å². The average molecular weight is 338 g/mol. The molecule has 1 N–H and O–H groups in total. The monoisotopic (exact) mass is 338 g/mol. The van der Waals surface area contributed by atoms with Gasteiger partial charge in [0, 0.05) is 18.2 Å². The zero-order chi connectivity index (χ0) is 17.2. The van der Waals surface area contributed by atoms with Crippen LogP contribution in [0.2, 0.25) is 0 Å². The number of aromatic nitrogens is 3. The fraction of sp³-hybridized carbons (Fsp3) is 0.278. The standard InChI is InChI=1S/C18H18N4O3/c23-17(15-7-4-12-25-15)19-10-11-21-18(24)22(14-8-9-14)16(20-21)13-5-2-1-3-6-13/h1-7,12,14H,8-11H2,(H,19,23). The Morgan fingerprint density at radius 1 is 1.20 bits per heavy atom. The lowest BCUT2D eigenvalue weighted by molar-refractivity contribution is 0.0924. The minimum atomic E-state index is -0.303. The summed E-state index contributed by atoms with van der Waals surface area (Å²) in [5, 5.41) is 7.23. The lowest BCUT2D eigenvalue weighted by Gasteiger charge is -2.02. The van der Waals surface area contributed by atoms with E-state index >= 15 is 0 Å². The lowest BCUT2D eigenvalue weighted by Crippen LogP contribution is -2.32. The normalized spacial score (nSPS) is 13.8. The fourth-order valence-electron chi connectivity index (χ4n) is 2.78. The second-order valence-electron chi connectivity index (χ2n) is 6.03. The number of hydrogen-bond donors (Lipinski definition) is 1. The molecular formula is C18H18N4O3. The highest BCUT2D eigenvalue weighted by Gasteiger charge is 2.30. The third-order valence-electron chi connectivity index (χ3n) is 4.17. The highest BCUT2D eigenvalue weighted by molar-refractivity contribution is 5.91. The van der Waals surface area contributed by atoms with Crippen LogP contribution in [0, 0.1) is 0 Å². The molecule has 25 heavy (non-hydrogen) atoms. The summed E-state index contributed by atoms with van der Waals surface area (Å²) < 4.78 is 8.23. The third kappa shape index (κ3) is 3.13. The van der Waals surface area contributed by atoms with E-state index in [1.807, 2.05) is 30.3 Å². The maximum absolute atomic E-state index is 12.7. The van der Waals surface area contributed by atoms with Gasteiger partial charge in [0.1, 0.15) is 0 Å². The first kappa shape index (κ1) is 15.4. The molecule has 4 rings (SSSR count). The molecule has 1 amide bonds. The van der Waals surface area contributed by atoms with Gasteiger partial charge in [0.2, 0.25) is 0 Å². The van der Waals surface area contributed by atoms with E-state index in [1.165, 1.54) is 10.9 Å². The highest BCUT2D eigenvalue weighted by atomic mass is 16.3. The lowest BCUT2D eigenvalue weighted by atomic mass is 10.2. The summed E-state index contributed by atoms with van der Waals surface area (Å²) in [5.74, 6) is 0.634. The van der Waals surface area contributed by atoms with Crippen LogP contribution in [0.4, 0.5) is 0 Å². The molecule has 0 unspecified atom stereocenters. The molecule has 1 aromatic carbocycles. The summed E-state index contributed by atoms with van der Waals surface area (Å²) in [7, 11) is 0. The van der Waals surface area contributed by atoms with E-state index in [1.54, 1.807) is 16.7 Å². The Hall–Kier alpha value is -3.09. The molecule has 7 heteroatoms. The second-order valence-corrected chi connectivity index (χ2v) is 6.03. The second kappa shape index (κ2) is 6.43. The van der Waals surface area contributed by atoms with Crippen molar-refractivity contribution in [2.45, 2.75) is 25.4 Å². The van der Waals surface area contributed by atoms with Crippen LogP contribution >= 0.6 is 0 Å². The SMILES string of the molecule is O=C(NCCn1nc(-c2ccccc2)n(C2CC2)c1=O)c1ccco1. The zero-order valence-corrected chi connectivity index (χ0v) is 13.6. The molecule has 1 aliphatic carbocycles. The van der Waals surface area contributed by atoms with Crippen LogP contribution in [-0.2, 0) is 6.54 Å². The molecule has 3 aromatic rings. The maximum Gasteiger partial charge on any atom is 0.346 e. The van der Waals surface area contributed by atoms with Crippen LogP contribution in [0.5, 0.6) is 0 Å². The maximum atomic E-state index is 12.7. The Kier molecular flexibility index (Phi) is 3.97. The van der Waals surface area contributed by atoms with E-state index < -0.39 is 0 Å². The van der Waals surface area contributed by atoms with Crippen LogP contribution in [0.1, 0.15) is 29.4 Å².